The van der Waals surface area contributed by atoms with Crippen molar-refractivity contribution in [2.24, 2.45) is 5.41 Å². The maximum atomic E-state index is 11.6. The van der Waals surface area contributed by atoms with Crippen LogP contribution in [0.1, 0.15) is 39.5 Å². The number of anilines is 1. The smallest absolute Gasteiger partial charge is 0.223 e. The van der Waals surface area contributed by atoms with Crippen molar-refractivity contribution in [3.63, 3.8) is 0 Å². The van der Waals surface area contributed by atoms with E-state index >= 15 is 0 Å². The molecular weight excluding hydrogens is 358 g/mol. The molecule has 0 saturated carbocycles. The highest BCUT2D eigenvalue weighted by Gasteiger charge is 2.45. The van der Waals surface area contributed by atoms with Gasteiger partial charge in [-0.15, -0.1) is 0 Å². The summed E-state index contributed by atoms with van der Waals surface area (Å²) in [6, 6.07) is 0.541. The van der Waals surface area contributed by atoms with E-state index in [1.165, 1.54) is 19.3 Å². The summed E-state index contributed by atoms with van der Waals surface area (Å²) in [5.74, 6) is 0.863. The van der Waals surface area contributed by atoms with Crippen LogP contribution in [0.15, 0.2) is 23.3 Å². The summed E-state index contributed by atoms with van der Waals surface area (Å²) in [6.07, 6.45) is 9.60. The maximum absolute atomic E-state index is 11.6. The van der Waals surface area contributed by atoms with Crippen LogP contribution in [-0.2, 0) is 4.79 Å². The van der Waals surface area contributed by atoms with Crippen molar-refractivity contribution >= 4 is 33.2 Å². The van der Waals surface area contributed by atoms with Crippen LogP contribution in [0, 0.1) is 5.41 Å². The van der Waals surface area contributed by atoms with E-state index in [-0.39, 0.29) is 5.41 Å². The van der Waals surface area contributed by atoms with Crippen LogP contribution in [0.5, 0.6) is 0 Å². The van der Waals surface area contributed by atoms with Crippen molar-refractivity contribution in [3.05, 3.63) is 23.3 Å². The highest BCUT2D eigenvalue weighted by Crippen LogP contribution is 2.41. The fraction of sp³-hybridized carbons (Fsp3) is 0.562. The predicted octanol–water partition coefficient (Wildman–Crippen LogP) is 2.87. The number of hydrogen-bond donors (Lipinski definition) is 1. The quantitative estimate of drug-likeness (QED) is 0.763. The molecule has 2 aromatic heterocycles. The molecule has 2 N–H and O–H groups in total. The van der Waals surface area contributed by atoms with E-state index in [2.05, 4.69) is 44.6 Å². The summed E-state index contributed by atoms with van der Waals surface area (Å²) in [5, 5.41) is 0. The second-order valence-electron chi connectivity index (χ2n) is 6.87. The first-order valence-electron chi connectivity index (χ1n) is 7.92. The zero-order valence-electron chi connectivity index (χ0n) is 13.5. The number of carbonyl (C=O) groups excluding carboxylic acids is 1. The molecule has 1 unspecified atom stereocenters. The van der Waals surface area contributed by atoms with Gasteiger partial charge in [0.15, 0.2) is 5.82 Å². The molecule has 6 nitrogen and oxygen atoms in total. The van der Waals surface area contributed by atoms with Gasteiger partial charge < -0.3 is 15.0 Å². The lowest BCUT2D eigenvalue weighted by Gasteiger charge is -2.36. The number of nitrogen functional groups attached to an aromatic ring is 1. The van der Waals surface area contributed by atoms with Crippen LogP contribution in [-0.4, -0.2) is 37.8 Å². The number of hydrogen-bond acceptors (Lipinski definition) is 4. The predicted molar refractivity (Wildman–Crippen MR) is 92.8 cm³/mol. The van der Waals surface area contributed by atoms with Crippen molar-refractivity contribution in [1.29, 1.82) is 0 Å². The molecule has 2 fully saturated rings. The van der Waals surface area contributed by atoms with E-state index < -0.39 is 0 Å². The molecular formula is C16H22BrN5O. The number of aromatic nitrogens is 3. The Morgan fingerprint density at radius 2 is 2.13 bits per heavy atom. The zero-order valence-corrected chi connectivity index (χ0v) is 15.1. The number of amides is 1. The molecule has 2 aromatic rings. The molecule has 7 heteroatoms. The van der Waals surface area contributed by atoms with Gasteiger partial charge in [-0.05, 0) is 40.6 Å². The monoisotopic (exact) mass is 379 g/mol. The molecule has 23 heavy (non-hydrogen) atoms. The number of carbonyl (C=O) groups is 1. The van der Waals surface area contributed by atoms with Crippen molar-refractivity contribution < 1.29 is 4.79 Å². The number of nitrogens with zero attached hydrogens (tertiary/aromatic N) is 4. The van der Waals surface area contributed by atoms with Gasteiger partial charge >= 0.3 is 0 Å². The number of halogens is 1. The Hall–Kier alpha value is -1.63. The van der Waals surface area contributed by atoms with Gasteiger partial charge in [-0.25, -0.2) is 9.97 Å². The SMILES string of the molecule is CC1(C)CC(=O)N2CCCCC21.Nc1nccn2cnc(Br)c12. The summed E-state index contributed by atoms with van der Waals surface area (Å²) >= 11 is 3.27. The minimum Gasteiger partial charge on any atom is -0.382 e. The number of nitrogens with two attached hydrogens (primary N) is 1. The normalized spacial score (nSPS) is 22.7. The largest absolute Gasteiger partial charge is 0.382 e. The van der Waals surface area contributed by atoms with E-state index in [4.69, 9.17) is 5.73 Å². The fourth-order valence-electron chi connectivity index (χ4n) is 3.59. The first-order chi connectivity index (χ1) is 10.9. The summed E-state index contributed by atoms with van der Waals surface area (Å²) in [6.45, 7) is 5.45. The molecule has 4 heterocycles. The topological polar surface area (TPSA) is 76.5 Å². The fourth-order valence-corrected chi connectivity index (χ4v) is 4.09. The molecule has 1 atom stereocenters. The molecule has 124 valence electrons. The summed E-state index contributed by atoms with van der Waals surface area (Å²) < 4.78 is 2.54. The van der Waals surface area contributed by atoms with Gasteiger partial charge in [-0.2, -0.15) is 0 Å². The Morgan fingerprint density at radius 1 is 1.35 bits per heavy atom. The van der Waals surface area contributed by atoms with Crippen molar-refractivity contribution in [2.45, 2.75) is 45.6 Å². The van der Waals surface area contributed by atoms with Gasteiger partial charge in [0.1, 0.15) is 16.4 Å². The Balaban J connectivity index is 0.000000136. The number of imidazole rings is 1. The lowest BCUT2D eigenvalue weighted by molar-refractivity contribution is -0.129. The maximum Gasteiger partial charge on any atom is 0.223 e. The van der Waals surface area contributed by atoms with Crippen LogP contribution in [0.2, 0.25) is 0 Å². The lowest BCUT2D eigenvalue weighted by atomic mass is 9.81. The number of piperidine rings is 1. The van der Waals surface area contributed by atoms with E-state index in [9.17, 15) is 4.79 Å². The van der Waals surface area contributed by atoms with Crippen molar-refractivity contribution in [3.8, 4) is 0 Å². The van der Waals surface area contributed by atoms with Gasteiger partial charge in [0, 0.05) is 31.4 Å². The molecule has 2 saturated heterocycles. The van der Waals surface area contributed by atoms with Crippen molar-refractivity contribution in [2.75, 3.05) is 12.3 Å². The number of rotatable bonds is 0. The highest BCUT2D eigenvalue weighted by atomic mass is 79.9. The Morgan fingerprint density at radius 3 is 2.83 bits per heavy atom. The third kappa shape index (κ3) is 3.06. The lowest BCUT2D eigenvalue weighted by Crippen LogP contribution is -2.41. The van der Waals surface area contributed by atoms with Gasteiger partial charge in [0.2, 0.25) is 5.91 Å². The second-order valence-corrected chi connectivity index (χ2v) is 7.62. The minimum absolute atomic E-state index is 0.234. The summed E-state index contributed by atoms with van der Waals surface area (Å²) in [4.78, 5) is 21.6. The third-order valence-corrected chi connectivity index (χ3v) is 5.34. The van der Waals surface area contributed by atoms with E-state index in [1.54, 1.807) is 18.7 Å². The third-order valence-electron chi connectivity index (χ3n) is 4.76. The minimum atomic E-state index is 0.234. The van der Waals surface area contributed by atoms with E-state index in [0.717, 1.165) is 23.1 Å². The Kier molecular flexibility index (Phi) is 4.31. The van der Waals surface area contributed by atoms with E-state index in [1.807, 2.05) is 4.40 Å². The van der Waals surface area contributed by atoms with Crippen molar-refractivity contribution in [1.82, 2.24) is 19.3 Å². The standard InChI is InChI=1S/C10H17NO.C6H5BrN4/c1-10(2)7-9(12)11-6-4-3-5-8(10)11;7-5-4-6(8)9-1-2-11(4)3-10-5/h8H,3-7H2,1-2H3;1-3H,(H2,8,9). The molecule has 2 aliphatic heterocycles. The van der Waals surface area contributed by atoms with Crippen LogP contribution in [0.25, 0.3) is 5.52 Å². The molecule has 0 spiro atoms. The van der Waals surface area contributed by atoms with Gasteiger partial charge in [-0.3, -0.25) is 4.79 Å². The first kappa shape index (κ1) is 16.2. The van der Waals surface area contributed by atoms with Crippen LogP contribution < -0.4 is 5.73 Å². The average molecular weight is 380 g/mol. The first-order valence-corrected chi connectivity index (χ1v) is 8.71. The Bertz CT molecular complexity index is 726. The van der Waals surface area contributed by atoms with Gasteiger partial charge in [0.25, 0.3) is 0 Å². The van der Waals surface area contributed by atoms with Gasteiger partial charge in [-0.1, -0.05) is 13.8 Å². The molecule has 0 bridgehead atoms. The Labute approximate surface area is 144 Å². The van der Waals surface area contributed by atoms with Crippen LogP contribution in [0.4, 0.5) is 5.82 Å². The average Bonchev–Trinajstić information content (AvgIpc) is 3.00. The van der Waals surface area contributed by atoms with Crippen LogP contribution >= 0.6 is 15.9 Å². The molecule has 1 amide bonds. The molecule has 0 radical (unpaired) electrons. The summed E-state index contributed by atoms with van der Waals surface area (Å²) in [5.41, 5.74) is 6.65. The van der Waals surface area contributed by atoms with Crippen LogP contribution in [0.3, 0.4) is 0 Å². The molecule has 4 rings (SSSR count). The highest BCUT2D eigenvalue weighted by molar-refractivity contribution is 9.10. The van der Waals surface area contributed by atoms with Gasteiger partial charge in [0.05, 0.1) is 0 Å². The zero-order chi connectivity index (χ0) is 16.6. The molecule has 2 aliphatic rings. The molecule has 0 aromatic carbocycles. The molecule has 0 aliphatic carbocycles. The van der Waals surface area contributed by atoms with E-state index in [0.29, 0.717) is 17.8 Å². The second kappa shape index (κ2) is 6.11. The summed E-state index contributed by atoms with van der Waals surface area (Å²) in [7, 11) is 0. The number of fused-ring (bicyclic) bond motifs is 2.